The quantitative estimate of drug-likeness (QED) is 0.666. The van der Waals surface area contributed by atoms with Gasteiger partial charge in [-0.25, -0.2) is 0 Å². The summed E-state index contributed by atoms with van der Waals surface area (Å²) in [4.78, 5) is 14.0. The van der Waals surface area contributed by atoms with Gasteiger partial charge < -0.3 is 4.90 Å². The fourth-order valence-electron chi connectivity index (χ4n) is 1.56. The Hall–Kier alpha value is -0.530. The molecule has 0 fully saturated rings. The summed E-state index contributed by atoms with van der Waals surface area (Å²) < 4.78 is 0. The minimum atomic E-state index is 0.109. The van der Waals surface area contributed by atoms with E-state index < -0.39 is 0 Å². The molecule has 2 nitrogen and oxygen atoms in total. The first-order valence-electron chi connectivity index (χ1n) is 5.77. The molecule has 0 aliphatic rings. The van der Waals surface area contributed by atoms with Gasteiger partial charge in [-0.3, -0.25) is 4.79 Å². The highest BCUT2D eigenvalue weighted by molar-refractivity contribution is 5.78. The Morgan fingerprint density at radius 1 is 1.00 bits per heavy atom. The zero-order valence-corrected chi connectivity index (χ0v) is 10.5. The van der Waals surface area contributed by atoms with Gasteiger partial charge in [-0.05, 0) is 26.7 Å². The molecule has 0 aliphatic heterocycles. The molecular formula is C12H25NO. The maximum absolute atomic E-state index is 12.0. The van der Waals surface area contributed by atoms with Crippen LogP contribution in [0.1, 0.15) is 54.4 Å². The van der Waals surface area contributed by atoms with Crippen molar-refractivity contribution in [3.8, 4) is 0 Å². The van der Waals surface area contributed by atoms with Crippen molar-refractivity contribution in [2.45, 2.75) is 66.5 Å². The van der Waals surface area contributed by atoms with E-state index in [9.17, 15) is 4.79 Å². The van der Waals surface area contributed by atoms with Gasteiger partial charge in [0, 0.05) is 18.0 Å². The van der Waals surface area contributed by atoms with E-state index in [1.807, 2.05) is 18.7 Å². The van der Waals surface area contributed by atoms with Crippen LogP contribution in [0.3, 0.4) is 0 Å². The summed E-state index contributed by atoms with van der Waals surface area (Å²) in [6, 6.07) is 0.722. The Morgan fingerprint density at radius 2 is 1.36 bits per heavy atom. The van der Waals surface area contributed by atoms with E-state index in [0.29, 0.717) is 12.1 Å². The van der Waals surface area contributed by atoms with Gasteiger partial charge in [-0.15, -0.1) is 0 Å². The van der Waals surface area contributed by atoms with Crippen LogP contribution in [0.2, 0.25) is 0 Å². The van der Waals surface area contributed by atoms with E-state index in [2.05, 4.69) is 27.7 Å². The molecule has 0 rings (SSSR count). The molecule has 0 aromatic carbocycles. The van der Waals surface area contributed by atoms with Gasteiger partial charge in [0.1, 0.15) is 0 Å². The summed E-state index contributed by atoms with van der Waals surface area (Å²) >= 11 is 0. The number of carbonyl (C=O) groups excluding carboxylic acids is 1. The van der Waals surface area contributed by atoms with Crippen molar-refractivity contribution in [2.24, 2.45) is 5.92 Å². The first-order valence-corrected chi connectivity index (χ1v) is 5.77. The number of nitrogens with zero attached hydrogens (tertiary/aromatic N) is 1. The molecule has 0 heterocycles. The second kappa shape index (κ2) is 6.05. The lowest BCUT2D eigenvalue weighted by atomic mass is 10.1. The van der Waals surface area contributed by atoms with Crippen molar-refractivity contribution in [3.63, 3.8) is 0 Å². The van der Waals surface area contributed by atoms with E-state index in [4.69, 9.17) is 0 Å². The van der Waals surface area contributed by atoms with Crippen molar-refractivity contribution in [3.05, 3.63) is 0 Å². The van der Waals surface area contributed by atoms with Crippen LogP contribution in [0.15, 0.2) is 0 Å². The maximum atomic E-state index is 12.0. The lowest BCUT2D eigenvalue weighted by Crippen LogP contribution is -2.46. The van der Waals surface area contributed by atoms with E-state index in [-0.39, 0.29) is 11.8 Å². The lowest BCUT2D eigenvalue weighted by Gasteiger charge is -2.35. The van der Waals surface area contributed by atoms with Crippen LogP contribution in [0.5, 0.6) is 0 Å². The standard InChI is InChI=1S/C12H25NO/c1-7-10(5)13(11(6)8-2)12(14)9(3)4/h9-11H,7-8H2,1-6H3. The summed E-state index contributed by atoms with van der Waals surface area (Å²) in [7, 11) is 0. The fourth-order valence-corrected chi connectivity index (χ4v) is 1.56. The van der Waals surface area contributed by atoms with E-state index >= 15 is 0 Å². The highest BCUT2D eigenvalue weighted by atomic mass is 16.2. The van der Waals surface area contributed by atoms with Crippen LogP contribution in [0, 0.1) is 5.92 Å². The minimum absolute atomic E-state index is 0.109. The molecule has 0 bridgehead atoms. The molecule has 0 N–H and O–H groups in total. The highest BCUT2D eigenvalue weighted by Crippen LogP contribution is 2.15. The molecule has 0 aliphatic carbocycles. The van der Waals surface area contributed by atoms with Gasteiger partial charge >= 0.3 is 0 Å². The molecule has 84 valence electrons. The van der Waals surface area contributed by atoms with Crippen molar-refractivity contribution in [2.75, 3.05) is 0 Å². The molecule has 2 unspecified atom stereocenters. The van der Waals surface area contributed by atoms with E-state index in [1.54, 1.807) is 0 Å². The third-order valence-electron chi connectivity index (χ3n) is 2.88. The summed E-state index contributed by atoms with van der Waals surface area (Å²) in [6.07, 6.45) is 2.06. The first-order chi connectivity index (χ1) is 6.45. The summed E-state index contributed by atoms with van der Waals surface area (Å²) in [5, 5.41) is 0. The van der Waals surface area contributed by atoms with Gasteiger partial charge in [0.05, 0.1) is 0 Å². The summed E-state index contributed by atoms with van der Waals surface area (Å²) in [6.45, 7) is 12.5. The molecule has 2 atom stereocenters. The van der Waals surface area contributed by atoms with E-state index in [1.165, 1.54) is 0 Å². The maximum Gasteiger partial charge on any atom is 0.225 e. The molecule has 0 spiro atoms. The molecule has 0 radical (unpaired) electrons. The van der Waals surface area contributed by atoms with Crippen molar-refractivity contribution < 1.29 is 4.79 Å². The molecule has 0 aromatic heterocycles. The van der Waals surface area contributed by atoms with Gasteiger partial charge in [-0.1, -0.05) is 27.7 Å². The van der Waals surface area contributed by atoms with Crippen LogP contribution >= 0.6 is 0 Å². The minimum Gasteiger partial charge on any atom is -0.337 e. The predicted octanol–water partition coefficient (Wildman–Crippen LogP) is 3.07. The largest absolute Gasteiger partial charge is 0.337 e. The Bertz CT molecular complexity index is 167. The molecule has 0 saturated heterocycles. The molecule has 1 amide bonds. The molecular weight excluding hydrogens is 174 g/mol. The number of hydrogen-bond donors (Lipinski definition) is 0. The number of hydrogen-bond acceptors (Lipinski definition) is 1. The van der Waals surface area contributed by atoms with Gasteiger partial charge in [0.25, 0.3) is 0 Å². The van der Waals surface area contributed by atoms with Crippen LogP contribution < -0.4 is 0 Å². The van der Waals surface area contributed by atoms with Crippen LogP contribution in [0.4, 0.5) is 0 Å². The normalized spacial score (nSPS) is 15.4. The lowest BCUT2D eigenvalue weighted by molar-refractivity contribution is -0.139. The number of amides is 1. The molecule has 0 saturated carbocycles. The molecule has 2 heteroatoms. The van der Waals surface area contributed by atoms with Crippen LogP contribution in [0.25, 0.3) is 0 Å². The Kier molecular flexibility index (Phi) is 5.82. The smallest absolute Gasteiger partial charge is 0.225 e. The Balaban J connectivity index is 4.63. The van der Waals surface area contributed by atoms with Crippen LogP contribution in [-0.4, -0.2) is 22.9 Å². The number of rotatable bonds is 5. The van der Waals surface area contributed by atoms with E-state index in [0.717, 1.165) is 12.8 Å². The summed E-state index contributed by atoms with van der Waals surface area (Å²) in [5.41, 5.74) is 0. The Morgan fingerprint density at radius 3 is 1.57 bits per heavy atom. The summed E-state index contributed by atoms with van der Waals surface area (Å²) in [5.74, 6) is 0.395. The SMILES string of the molecule is CCC(C)N(C(=O)C(C)C)C(C)CC. The topological polar surface area (TPSA) is 20.3 Å². The monoisotopic (exact) mass is 199 g/mol. The number of carbonyl (C=O) groups is 1. The fraction of sp³-hybridized carbons (Fsp3) is 0.917. The zero-order chi connectivity index (χ0) is 11.3. The molecule has 14 heavy (non-hydrogen) atoms. The molecule has 0 aromatic rings. The second-order valence-corrected chi connectivity index (χ2v) is 4.41. The predicted molar refractivity (Wildman–Crippen MR) is 61.2 cm³/mol. The highest BCUT2D eigenvalue weighted by Gasteiger charge is 2.24. The van der Waals surface area contributed by atoms with Crippen molar-refractivity contribution >= 4 is 5.91 Å². The van der Waals surface area contributed by atoms with Crippen molar-refractivity contribution in [1.29, 1.82) is 0 Å². The third-order valence-corrected chi connectivity index (χ3v) is 2.88. The zero-order valence-electron chi connectivity index (χ0n) is 10.5. The van der Waals surface area contributed by atoms with Gasteiger partial charge in [0.15, 0.2) is 0 Å². The van der Waals surface area contributed by atoms with Gasteiger partial charge in [0.2, 0.25) is 5.91 Å². The Labute approximate surface area is 88.7 Å². The average molecular weight is 199 g/mol. The second-order valence-electron chi connectivity index (χ2n) is 4.41. The van der Waals surface area contributed by atoms with Crippen molar-refractivity contribution in [1.82, 2.24) is 4.90 Å². The average Bonchev–Trinajstić information content (AvgIpc) is 2.16. The van der Waals surface area contributed by atoms with Gasteiger partial charge in [-0.2, -0.15) is 0 Å². The van der Waals surface area contributed by atoms with Crippen LogP contribution in [-0.2, 0) is 4.79 Å². The first kappa shape index (κ1) is 13.5. The third kappa shape index (κ3) is 3.32.